The van der Waals surface area contributed by atoms with Gasteiger partial charge in [-0.05, 0) is 54.9 Å². The molecule has 0 radical (unpaired) electrons. The first-order valence-electron chi connectivity index (χ1n) is 4.82. The summed E-state index contributed by atoms with van der Waals surface area (Å²) in [5.41, 5.74) is 0. The Balaban J connectivity index is 2.18. The van der Waals surface area contributed by atoms with Crippen molar-refractivity contribution >= 4 is 38.9 Å². The van der Waals surface area contributed by atoms with E-state index in [4.69, 9.17) is 11.6 Å². The van der Waals surface area contributed by atoms with Gasteiger partial charge in [-0.2, -0.15) is 0 Å². The number of nitrogens with one attached hydrogen (secondary N) is 1. The summed E-state index contributed by atoms with van der Waals surface area (Å²) in [6.07, 6.45) is 4.95. The van der Waals surface area contributed by atoms with E-state index in [0.29, 0.717) is 0 Å². The lowest BCUT2D eigenvalue weighted by atomic mass is 10.2. The fourth-order valence-electron chi connectivity index (χ4n) is 1.29. The van der Waals surface area contributed by atoms with Crippen LogP contribution in [0.25, 0.3) is 0 Å². The van der Waals surface area contributed by atoms with Gasteiger partial charge in [-0.1, -0.05) is 18.0 Å². The first-order chi connectivity index (χ1) is 6.74. The molecule has 0 aromatic carbocycles. The molecule has 0 aliphatic carbocycles. The van der Waals surface area contributed by atoms with Crippen molar-refractivity contribution in [3.8, 4) is 0 Å². The number of aryl methyl sites for hydroxylation is 1. The highest BCUT2D eigenvalue weighted by Crippen LogP contribution is 2.32. The smallest absolute Gasteiger partial charge is 0.0887 e. The van der Waals surface area contributed by atoms with Gasteiger partial charge in [0.25, 0.3) is 0 Å². The number of unbranched alkanes of at least 4 members (excludes halogenated alkanes) is 2. The standard InChI is InChI=1S/C10H15BrClNS/c1-13-6-4-2-3-5-8-7-9(12)10(11)14-8/h7,13H,2-6H2,1H3. The molecule has 80 valence electrons. The summed E-state index contributed by atoms with van der Waals surface area (Å²) in [6, 6.07) is 2.06. The Hall–Kier alpha value is 0.430. The van der Waals surface area contributed by atoms with Gasteiger partial charge in [-0.25, -0.2) is 0 Å². The predicted octanol–water partition coefficient (Wildman–Crippen LogP) is 4.10. The van der Waals surface area contributed by atoms with Crippen molar-refractivity contribution in [2.75, 3.05) is 13.6 Å². The molecule has 14 heavy (non-hydrogen) atoms. The molecule has 1 rings (SSSR count). The largest absolute Gasteiger partial charge is 0.320 e. The summed E-state index contributed by atoms with van der Waals surface area (Å²) in [7, 11) is 2.00. The second-order valence-corrected chi connectivity index (χ2v) is 6.11. The van der Waals surface area contributed by atoms with Gasteiger partial charge in [-0.3, -0.25) is 0 Å². The zero-order valence-corrected chi connectivity index (χ0v) is 11.4. The topological polar surface area (TPSA) is 12.0 Å². The summed E-state index contributed by atoms with van der Waals surface area (Å²) in [5.74, 6) is 0. The quantitative estimate of drug-likeness (QED) is 0.780. The van der Waals surface area contributed by atoms with Crippen molar-refractivity contribution in [1.82, 2.24) is 5.32 Å². The van der Waals surface area contributed by atoms with Crippen LogP contribution in [0.3, 0.4) is 0 Å². The zero-order valence-electron chi connectivity index (χ0n) is 8.28. The van der Waals surface area contributed by atoms with E-state index in [1.165, 1.54) is 24.1 Å². The molecule has 0 atom stereocenters. The van der Waals surface area contributed by atoms with E-state index in [-0.39, 0.29) is 0 Å². The van der Waals surface area contributed by atoms with E-state index in [9.17, 15) is 0 Å². The highest BCUT2D eigenvalue weighted by atomic mass is 79.9. The molecule has 0 fully saturated rings. The third-order valence-electron chi connectivity index (χ3n) is 2.05. The van der Waals surface area contributed by atoms with Gasteiger partial charge in [0.05, 0.1) is 8.81 Å². The van der Waals surface area contributed by atoms with Crippen molar-refractivity contribution in [3.63, 3.8) is 0 Å². The number of hydrogen-bond acceptors (Lipinski definition) is 2. The van der Waals surface area contributed by atoms with Gasteiger partial charge in [0.15, 0.2) is 0 Å². The lowest BCUT2D eigenvalue weighted by Crippen LogP contribution is -2.06. The molecule has 0 aliphatic rings. The molecule has 0 aliphatic heterocycles. The molecular formula is C10H15BrClNS. The molecule has 1 N–H and O–H groups in total. The van der Waals surface area contributed by atoms with Crippen molar-refractivity contribution in [2.45, 2.75) is 25.7 Å². The summed E-state index contributed by atoms with van der Waals surface area (Å²) < 4.78 is 1.06. The van der Waals surface area contributed by atoms with Crippen LogP contribution in [-0.2, 0) is 6.42 Å². The summed E-state index contributed by atoms with van der Waals surface area (Å²) >= 11 is 11.1. The molecule has 1 aromatic rings. The maximum atomic E-state index is 5.95. The second-order valence-electron chi connectivity index (χ2n) is 3.25. The van der Waals surface area contributed by atoms with Gasteiger partial charge in [0.1, 0.15) is 0 Å². The maximum absolute atomic E-state index is 5.95. The van der Waals surface area contributed by atoms with Crippen LogP contribution in [-0.4, -0.2) is 13.6 Å². The van der Waals surface area contributed by atoms with E-state index < -0.39 is 0 Å². The fraction of sp³-hybridized carbons (Fsp3) is 0.600. The summed E-state index contributed by atoms with van der Waals surface area (Å²) in [4.78, 5) is 1.38. The lowest BCUT2D eigenvalue weighted by Gasteiger charge is -1.98. The van der Waals surface area contributed by atoms with Crippen molar-refractivity contribution in [2.24, 2.45) is 0 Å². The lowest BCUT2D eigenvalue weighted by molar-refractivity contribution is 0.645. The molecule has 4 heteroatoms. The van der Waals surface area contributed by atoms with Crippen molar-refractivity contribution < 1.29 is 0 Å². The predicted molar refractivity (Wildman–Crippen MR) is 68.5 cm³/mol. The maximum Gasteiger partial charge on any atom is 0.0887 e. The van der Waals surface area contributed by atoms with Crippen LogP contribution in [0.5, 0.6) is 0 Å². The zero-order chi connectivity index (χ0) is 10.4. The van der Waals surface area contributed by atoms with Gasteiger partial charge >= 0.3 is 0 Å². The Morgan fingerprint density at radius 3 is 2.79 bits per heavy atom. The average Bonchev–Trinajstić information content (AvgIpc) is 2.46. The highest BCUT2D eigenvalue weighted by Gasteiger charge is 2.03. The molecule has 0 saturated carbocycles. The van der Waals surface area contributed by atoms with Crippen LogP contribution in [0.2, 0.25) is 5.02 Å². The third-order valence-corrected chi connectivity index (χ3v) is 4.58. The van der Waals surface area contributed by atoms with Crippen LogP contribution in [0.1, 0.15) is 24.1 Å². The van der Waals surface area contributed by atoms with Gasteiger partial charge < -0.3 is 5.32 Å². The minimum Gasteiger partial charge on any atom is -0.320 e. The van der Waals surface area contributed by atoms with Gasteiger partial charge in [0, 0.05) is 4.88 Å². The SMILES string of the molecule is CNCCCCCc1cc(Cl)c(Br)s1. The Morgan fingerprint density at radius 2 is 2.21 bits per heavy atom. The van der Waals surface area contributed by atoms with Crippen molar-refractivity contribution in [3.05, 3.63) is 19.8 Å². The fourth-order valence-corrected chi connectivity index (χ4v) is 3.15. The summed E-state index contributed by atoms with van der Waals surface area (Å²) in [5, 5.41) is 4.00. The number of halogens is 2. The Bertz CT molecular complexity index is 256. The van der Waals surface area contributed by atoms with Gasteiger partial charge in [0.2, 0.25) is 0 Å². The van der Waals surface area contributed by atoms with E-state index in [2.05, 4.69) is 27.3 Å². The molecular weight excluding hydrogens is 282 g/mol. The molecule has 0 saturated heterocycles. The summed E-state index contributed by atoms with van der Waals surface area (Å²) in [6.45, 7) is 1.12. The van der Waals surface area contributed by atoms with Crippen LogP contribution in [0, 0.1) is 0 Å². The Morgan fingerprint density at radius 1 is 1.43 bits per heavy atom. The van der Waals surface area contributed by atoms with E-state index in [0.717, 1.165) is 21.8 Å². The number of hydrogen-bond donors (Lipinski definition) is 1. The minimum absolute atomic E-state index is 0.847. The molecule has 1 nitrogen and oxygen atoms in total. The molecule has 1 heterocycles. The molecule has 0 unspecified atom stereocenters. The van der Waals surface area contributed by atoms with Crippen LogP contribution in [0.4, 0.5) is 0 Å². The van der Waals surface area contributed by atoms with Crippen LogP contribution >= 0.6 is 38.9 Å². The minimum atomic E-state index is 0.847. The first kappa shape index (κ1) is 12.5. The highest BCUT2D eigenvalue weighted by molar-refractivity contribution is 9.11. The second kappa shape index (κ2) is 6.83. The van der Waals surface area contributed by atoms with Crippen LogP contribution < -0.4 is 5.32 Å². The normalized spacial score (nSPS) is 10.8. The Labute approximate surface area is 103 Å². The third kappa shape index (κ3) is 4.30. The first-order valence-corrected chi connectivity index (χ1v) is 6.81. The number of rotatable bonds is 6. The molecule has 0 amide bonds. The molecule has 1 aromatic heterocycles. The van der Waals surface area contributed by atoms with E-state index in [1.54, 1.807) is 11.3 Å². The van der Waals surface area contributed by atoms with Crippen LogP contribution in [0.15, 0.2) is 9.85 Å². The van der Waals surface area contributed by atoms with Gasteiger partial charge in [-0.15, -0.1) is 11.3 Å². The van der Waals surface area contributed by atoms with E-state index in [1.807, 2.05) is 7.05 Å². The Kier molecular flexibility index (Phi) is 6.10. The molecule has 0 spiro atoms. The monoisotopic (exact) mass is 295 g/mol. The average molecular weight is 297 g/mol. The number of thiophene rings is 1. The van der Waals surface area contributed by atoms with E-state index >= 15 is 0 Å². The molecule has 0 bridgehead atoms. The van der Waals surface area contributed by atoms with Crippen molar-refractivity contribution in [1.29, 1.82) is 0 Å².